The van der Waals surface area contributed by atoms with Gasteiger partial charge in [0.25, 0.3) is 0 Å². The lowest BCUT2D eigenvalue weighted by Gasteiger charge is -2.28. The van der Waals surface area contributed by atoms with Crippen molar-refractivity contribution in [1.82, 2.24) is 9.62 Å². The second-order valence-corrected chi connectivity index (χ2v) is 11.5. The maximum Gasteiger partial charge on any atom is 0.243 e. The van der Waals surface area contributed by atoms with Crippen LogP contribution in [0.3, 0.4) is 0 Å². The Morgan fingerprint density at radius 2 is 1.64 bits per heavy atom. The quantitative estimate of drug-likeness (QED) is 0.781. The molecule has 28 heavy (non-hydrogen) atoms. The van der Waals surface area contributed by atoms with E-state index in [9.17, 15) is 13.2 Å². The second kappa shape index (κ2) is 8.13. The summed E-state index contributed by atoms with van der Waals surface area (Å²) in [4.78, 5) is 12.7. The number of carbonyl (C=O) groups excluding carboxylic acids is 1. The van der Waals surface area contributed by atoms with Crippen LogP contribution in [0.4, 0.5) is 0 Å². The van der Waals surface area contributed by atoms with E-state index in [1.807, 2.05) is 0 Å². The average Bonchev–Trinajstić information content (AvgIpc) is 3.08. The molecule has 1 fully saturated rings. The molecule has 1 aromatic carbocycles. The molecule has 1 aliphatic rings. The molecule has 158 valence electrons. The molecule has 1 aromatic rings. The van der Waals surface area contributed by atoms with Gasteiger partial charge in [0.1, 0.15) is 6.04 Å². The van der Waals surface area contributed by atoms with Crippen LogP contribution in [0.25, 0.3) is 0 Å². The summed E-state index contributed by atoms with van der Waals surface area (Å²) < 4.78 is 28.4. The molecule has 1 heterocycles. The Hall–Kier alpha value is -1.44. The topological polar surface area (TPSA) is 92.5 Å². The highest BCUT2D eigenvalue weighted by atomic mass is 32.2. The van der Waals surface area contributed by atoms with Gasteiger partial charge in [-0.25, -0.2) is 8.42 Å². The number of hydrogen-bond donors (Lipinski definition) is 2. The minimum atomic E-state index is -3.78. The Morgan fingerprint density at radius 1 is 1.11 bits per heavy atom. The SMILES string of the molecule is CC(C)(C)c1cc(C(C)(C)C)cc(S(=O)(=O)N2CCC[C@H]2C(=O)NCCN)c1. The second-order valence-electron chi connectivity index (χ2n) is 9.60. The first-order valence-electron chi connectivity index (χ1n) is 9.94. The summed E-state index contributed by atoms with van der Waals surface area (Å²) in [5.41, 5.74) is 7.03. The molecule has 0 saturated carbocycles. The summed E-state index contributed by atoms with van der Waals surface area (Å²) in [5, 5.41) is 2.73. The lowest BCUT2D eigenvalue weighted by atomic mass is 9.81. The zero-order valence-electron chi connectivity index (χ0n) is 18.0. The van der Waals surface area contributed by atoms with E-state index in [-0.39, 0.29) is 21.6 Å². The Labute approximate surface area is 169 Å². The molecule has 1 amide bonds. The van der Waals surface area contributed by atoms with Gasteiger partial charge in [0.05, 0.1) is 4.90 Å². The van der Waals surface area contributed by atoms with Gasteiger partial charge in [0.2, 0.25) is 15.9 Å². The molecule has 0 aromatic heterocycles. The first kappa shape index (κ1) is 22.8. The number of carbonyl (C=O) groups is 1. The molecular formula is C21H35N3O3S. The van der Waals surface area contributed by atoms with Crippen molar-refractivity contribution in [3.8, 4) is 0 Å². The van der Waals surface area contributed by atoms with E-state index in [0.29, 0.717) is 32.5 Å². The standard InChI is InChI=1S/C21H35N3O3S/c1-20(2,3)15-12-16(21(4,5)6)14-17(13-15)28(26,27)24-11-7-8-18(24)19(25)23-10-9-22/h12-14,18H,7-11,22H2,1-6H3,(H,23,25)/t18-/m0/s1. The molecule has 0 unspecified atom stereocenters. The van der Waals surface area contributed by atoms with Crippen molar-refractivity contribution in [3.05, 3.63) is 29.3 Å². The van der Waals surface area contributed by atoms with Crippen LogP contribution in [-0.4, -0.2) is 44.3 Å². The molecule has 0 radical (unpaired) electrons. The van der Waals surface area contributed by atoms with Gasteiger partial charge in [0.15, 0.2) is 0 Å². The van der Waals surface area contributed by atoms with Gasteiger partial charge in [-0.15, -0.1) is 0 Å². The van der Waals surface area contributed by atoms with Gasteiger partial charge in [-0.3, -0.25) is 4.79 Å². The summed E-state index contributed by atoms with van der Waals surface area (Å²) in [7, 11) is -3.78. The van der Waals surface area contributed by atoms with Crippen molar-refractivity contribution < 1.29 is 13.2 Å². The van der Waals surface area contributed by atoms with Crippen molar-refractivity contribution in [2.24, 2.45) is 5.73 Å². The van der Waals surface area contributed by atoms with Crippen LogP contribution in [0.1, 0.15) is 65.5 Å². The van der Waals surface area contributed by atoms with Gasteiger partial charge in [-0.1, -0.05) is 47.6 Å². The van der Waals surface area contributed by atoms with Crippen LogP contribution in [0, 0.1) is 0 Å². The van der Waals surface area contributed by atoms with Gasteiger partial charge < -0.3 is 11.1 Å². The summed E-state index contributed by atoms with van der Waals surface area (Å²) in [5.74, 6) is -0.269. The van der Waals surface area contributed by atoms with Crippen molar-refractivity contribution in [3.63, 3.8) is 0 Å². The van der Waals surface area contributed by atoms with Gasteiger partial charge in [-0.05, 0) is 46.9 Å². The third-order valence-electron chi connectivity index (χ3n) is 5.20. The number of nitrogens with zero attached hydrogens (tertiary/aromatic N) is 1. The van der Waals surface area contributed by atoms with E-state index in [4.69, 9.17) is 5.73 Å². The lowest BCUT2D eigenvalue weighted by molar-refractivity contribution is -0.124. The fourth-order valence-corrected chi connectivity index (χ4v) is 5.08. The highest BCUT2D eigenvalue weighted by Crippen LogP contribution is 2.34. The van der Waals surface area contributed by atoms with Crippen molar-refractivity contribution in [2.45, 2.75) is 76.2 Å². The number of rotatable bonds is 5. The molecule has 3 N–H and O–H groups in total. The molecule has 7 heteroatoms. The number of benzene rings is 1. The smallest absolute Gasteiger partial charge is 0.243 e. The van der Waals surface area contributed by atoms with E-state index in [0.717, 1.165) is 11.1 Å². The zero-order valence-corrected chi connectivity index (χ0v) is 18.8. The van der Waals surface area contributed by atoms with Gasteiger partial charge in [-0.2, -0.15) is 4.31 Å². The predicted octanol–water partition coefficient (Wildman–Crippen LogP) is 2.51. The average molecular weight is 410 g/mol. The Kier molecular flexibility index (Phi) is 6.63. The number of nitrogens with two attached hydrogens (primary N) is 1. The first-order chi connectivity index (χ1) is 12.8. The van der Waals surface area contributed by atoms with E-state index in [1.54, 1.807) is 12.1 Å². The number of sulfonamides is 1. The minimum Gasteiger partial charge on any atom is -0.353 e. The maximum atomic E-state index is 13.5. The molecule has 2 rings (SSSR count). The molecule has 0 aliphatic carbocycles. The summed E-state index contributed by atoms with van der Waals surface area (Å²) >= 11 is 0. The first-order valence-corrected chi connectivity index (χ1v) is 11.4. The Bertz CT molecular complexity index is 788. The summed E-state index contributed by atoms with van der Waals surface area (Å²) in [6.07, 6.45) is 1.20. The largest absolute Gasteiger partial charge is 0.353 e. The van der Waals surface area contributed by atoms with E-state index in [1.165, 1.54) is 4.31 Å². The summed E-state index contributed by atoms with van der Waals surface area (Å²) in [6, 6.07) is 4.94. The molecule has 1 saturated heterocycles. The third kappa shape index (κ3) is 4.93. The van der Waals surface area contributed by atoms with Crippen LogP contribution < -0.4 is 11.1 Å². The van der Waals surface area contributed by atoms with E-state index < -0.39 is 16.1 Å². The highest BCUT2D eigenvalue weighted by Gasteiger charge is 2.40. The monoisotopic (exact) mass is 409 g/mol. The predicted molar refractivity (Wildman–Crippen MR) is 113 cm³/mol. The number of nitrogens with one attached hydrogen (secondary N) is 1. The van der Waals surface area contributed by atoms with Crippen LogP contribution in [0.15, 0.2) is 23.1 Å². The molecular weight excluding hydrogens is 374 g/mol. The highest BCUT2D eigenvalue weighted by molar-refractivity contribution is 7.89. The fourth-order valence-electron chi connectivity index (χ4n) is 3.35. The summed E-state index contributed by atoms with van der Waals surface area (Å²) in [6.45, 7) is 13.5. The number of amides is 1. The van der Waals surface area contributed by atoms with Crippen LogP contribution in [0.2, 0.25) is 0 Å². The van der Waals surface area contributed by atoms with Crippen LogP contribution in [0.5, 0.6) is 0 Å². The minimum absolute atomic E-state index is 0.186. The fraction of sp³-hybridized carbons (Fsp3) is 0.667. The van der Waals surface area contributed by atoms with Crippen molar-refractivity contribution in [1.29, 1.82) is 0 Å². The van der Waals surface area contributed by atoms with Gasteiger partial charge >= 0.3 is 0 Å². The third-order valence-corrected chi connectivity index (χ3v) is 7.08. The maximum absolute atomic E-state index is 13.5. The molecule has 1 aliphatic heterocycles. The van der Waals surface area contributed by atoms with Gasteiger partial charge in [0, 0.05) is 19.6 Å². The van der Waals surface area contributed by atoms with Crippen LogP contribution in [-0.2, 0) is 25.6 Å². The Morgan fingerprint density at radius 3 is 2.11 bits per heavy atom. The van der Waals surface area contributed by atoms with Crippen LogP contribution >= 0.6 is 0 Å². The molecule has 0 bridgehead atoms. The molecule has 0 spiro atoms. The number of hydrogen-bond acceptors (Lipinski definition) is 4. The van der Waals surface area contributed by atoms with Crippen molar-refractivity contribution in [2.75, 3.05) is 19.6 Å². The zero-order chi connectivity index (χ0) is 21.3. The van der Waals surface area contributed by atoms with E-state index >= 15 is 0 Å². The molecule has 6 nitrogen and oxygen atoms in total. The normalized spacial score (nSPS) is 19.0. The Balaban J connectivity index is 2.51. The van der Waals surface area contributed by atoms with E-state index in [2.05, 4.69) is 52.9 Å². The molecule has 1 atom stereocenters. The lowest BCUT2D eigenvalue weighted by Crippen LogP contribution is -2.46. The van der Waals surface area contributed by atoms with Crippen molar-refractivity contribution >= 4 is 15.9 Å².